The van der Waals surface area contributed by atoms with Gasteiger partial charge in [-0.05, 0) is 24.3 Å². The highest BCUT2D eigenvalue weighted by Gasteiger charge is 2.18. The van der Waals surface area contributed by atoms with Gasteiger partial charge in [0.05, 0.1) is 6.61 Å². The molecule has 1 aromatic carbocycles. The number of hydrogen-bond donors (Lipinski definition) is 2. The van der Waals surface area contributed by atoms with Crippen molar-refractivity contribution in [2.75, 3.05) is 6.61 Å². The van der Waals surface area contributed by atoms with Crippen LogP contribution < -0.4 is 5.73 Å². The summed E-state index contributed by atoms with van der Waals surface area (Å²) in [5.74, 6) is 0.0795. The summed E-state index contributed by atoms with van der Waals surface area (Å²) in [4.78, 5) is 11.5. The molecule has 3 rings (SSSR count). The predicted molar refractivity (Wildman–Crippen MR) is 86.6 cm³/mol. The molecule has 1 fully saturated rings. The Morgan fingerprint density at radius 2 is 2.00 bits per heavy atom. The number of nitrogens with two attached hydrogens (primary N) is 1. The molecule has 0 aliphatic heterocycles. The van der Waals surface area contributed by atoms with Crippen LogP contribution in [0.1, 0.15) is 48.2 Å². The molecule has 1 saturated carbocycles. The fourth-order valence-corrected chi connectivity index (χ4v) is 3.16. The van der Waals surface area contributed by atoms with Crippen molar-refractivity contribution in [2.24, 2.45) is 11.7 Å². The molecule has 0 spiro atoms. The van der Waals surface area contributed by atoms with E-state index in [1.54, 1.807) is 0 Å². The van der Waals surface area contributed by atoms with E-state index in [-0.39, 0.29) is 5.69 Å². The maximum Gasteiger partial charge on any atom is 0.271 e. The number of primary amides is 1. The number of rotatable bonds is 6. The van der Waals surface area contributed by atoms with Gasteiger partial charge in [-0.2, -0.15) is 15.4 Å². The average molecular weight is 314 g/mol. The minimum absolute atomic E-state index is 0.157. The second kappa shape index (κ2) is 7.37. The Balaban J connectivity index is 1.70. The molecule has 1 heterocycles. The first-order valence-corrected chi connectivity index (χ1v) is 8.12. The van der Waals surface area contributed by atoms with Gasteiger partial charge in [-0.15, -0.1) is 0 Å². The number of amides is 1. The molecule has 3 N–H and O–H groups in total. The van der Waals surface area contributed by atoms with E-state index in [1.807, 2.05) is 24.3 Å². The molecule has 1 aromatic heterocycles. The summed E-state index contributed by atoms with van der Waals surface area (Å²) in [6, 6.07) is 7.74. The molecular weight excluding hydrogens is 292 g/mol. The summed E-state index contributed by atoms with van der Waals surface area (Å²) in [6.07, 6.45) is 6.49. The molecule has 1 aliphatic carbocycles. The highest BCUT2D eigenvalue weighted by Crippen LogP contribution is 2.26. The highest BCUT2D eigenvalue weighted by molar-refractivity contribution is 5.96. The van der Waals surface area contributed by atoms with E-state index < -0.39 is 5.91 Å². The first-order valence-electron chi connectivity index (χ1n) is 8.12. The molecule has 1 amide bonds. The number of H-pyrrole nitrogens is 1. The monoisotopic (exact) mass is 314 g/mol. The Kier molecular flexibility index (Phi) is 5.02. The Hall–Kier alpha value is -2.21. The topological polar surface area (TPSA) is 93.9 Å². The quantitative estimate of drug-likeness (QED) is 0.857. The van der Waals surface area contributed by atoms with Crippen molar-refractivity contribution in [1.29, 1.82) is 0 Å². The maximum absolute atomic E-state index is 11.5. The number of benzene rings is 1. The van der Waals surface area contributed by atoms with Gasteiger partial charge in [0, 0.05) is 12.2 Å². The summed E-state index contributed by atoms with van der Waals surface area (Å²) in [7, 11) is 0. The third-order valence-corrected chi connectivity index (χ3v) is 4.39. The van der Waals surface area contributed by atoms with Crippen LogP contribution in [-0.2, 0) is 11.3 Å². The Morgan fingerprint density at radius 1 is 1.22 bits per heavy atom. The lowest BCUT2D eigenvalue weighted by Gasteiger charge is -2.21. The molecule has 0 radical (unpaired) electrons. The van der Waals surface area contributed by atoms with Crippen LogP contribution in [0.15, 0.2) is 24.3 Å². The molecular formula is C17H22N4O2. The summed E-state index contributed by atoms with van der Waals surface area (Å²) >= 11 is 0. The van der Waals surface area contributed by atoms with Crippen molar-refractivity contribution in [3.63, 3.8) is 0 Å². The van der Waals surface area contributed by atoms with Crippen LogP contribution in [0.5, 0.6) is 0 Å². The molecule has 23 heavy (non-hydrogen) atoms. The fourth-order valence-electron chi connectivity index (χ4n) is 3.16. The molecule has 2 aromatic rings. The van der Waals surface area contributed by atoms with E-state index in [1.165, 1.54) is 32.1 Å². The molecule has 0 bridgehead atoms. The molecule has 0 atom stereocenters. The van der Waals surface area contributed by atoms with Gasteiger partial charge in [-0.1, -0.05) is 43.5 Å². The van der Waals surface area contributed by atoms with Gasteiger partial charge in [0.2, 0.25) is 0 Å². The number of carbonyl (C=O) groups is 1. The van der Waals surface area contributed by atoms with Crippen LogP contribution in [-0.4, -0.2) is 27.9 Å². The van der Waals surface area contributed by atoms with E-state index in [4.69, 9.17) is 10.5 Å². The van der Waals surface area contributed by atoms with E-state index in [9.17, 15) is 4.79 Å². The number of hydrogen-bond acceptors (Lipinski definition) is 4. The molecule has 6 heteroatoms. The first-order chi connectivity index (χ1) is 11.3. The van der Waals surface area contributed by atoms with Gasteiger partial charge in [0.1, 0.15) is 5.69 Å². The largest absolute Gasteiger partial charge is 0.376 e. The molecule has 1 aliphatic rings. The number of carbonyl (C=O) groups excluding carboxylic acids is 1. The zero-order valence-electron chi connectivity index (χ0n) is 13.1. The number of nitrogens with zero attached hydrogens (tertiary/aromatic N) is 2. The van der Waals surface area contributed by atoms with Crippen molar-refractivity contribution >= 4 is 5.91 Å². The Labute approximate surface area is 135 Å². The third-order valence-electron chi connectivity index (χ3n) is 4.39. The van der Waals surface area contributed by atoms with Crippen molar-refractivity contribution in [1.82, 2.24) is 15.4 Å². The van der Waals surface area contributed by atoms with Gasteiger partial charge in [-0.25, -0.2) is 0 Å². The predicted octanol–water partition coefficient (Wildman–Crippen LogP) is 2.67. The van der Waals surface area contributed by atoms with Crippen molar-refractivity contribution < 1.29 is 9.53 Å². The Bertz CT molecular complexity index is 662. The van der Waals surface area contributed by atoms with Crippen molar-refractivity contribution in [3.8, 4) is 11.3 Å². The van der Waals surface area contributed by atoms with Crippen molar-refractivity contribution in [2.45, 2.75) is 38.7 Å². The van der Waals surface area contributed by atoms with Crippen LogP contribution in [0.25, 0.3) is 11.3 Å². The molecule has 0 saturated heterocycles. The van der Waals surface area contributed by atoms with Crippen LogP contribution >= 0.6 is 0 Å². The van der Waals surface area contributed by atoms with Gasteiger partial charge in [0.25, 0.3) is 5.91 Å². The lowest BCUT2D eigenvalue weighted by Crippen LogP contribution is -2.14. The standard InChI is InChI=1S/C17H22N4O2/c18-17(22)16-15(19-21-20-16)14-9-5-4-8-13(14)11-23-10-12-6-2-1-3-7-12/h4-5,8-9,12H,1-3,6-7,10-11H2,(H2,18,22)(H,19,20,21). The van der Waals surface area contributed by atoms with Gasteiger partial charge >= 0.3 is 0 Å². The van der Waals surface area contributed by atoms with Gasteiger partial charge in [-0.3, -0.25) is 4.79 Å². The highest BCUT2D eigenvalue weighted by atomic mass is 16.5. The zero-order valence-corrected chi connectivity index (χ0v) is 13.1. The van der Waals surface area contributed by atoms with E-state index in [0.29, 0.717) is 18.2 Å². The van der Waals surface area contributed by atoms with Crippen LogP contribution in [0.3, 0.4) is 0 Å². The maximum atomic E-state index is 11.5. The normalized spacial score (nSPS) is 15.7. The minimum atomic E-state index is -0.591. The lowest BCUT2D eigenvalue weighted by molar-refractivity contribution is 0.0741. The van der Waals surface area contributed by atoms with E-state index in [2.05, 4.69) is 15.4 Å². The van der Waals surface area contributed by atoms with Crippen LogP contribution in [0.2, 0.25) is 0 Å². The van der Waals surface area contributed by atoms with Crippen LogP contribution in [0.4, 0.5) is 0 Å². The van der Waals surface area contributed by atoms with E-state index >= 15 is 0 Å². The average Bonchev–Trinajstić information content (AvgIpc) is 3.06. The van der Waals surface area contributed by atoms with Crippen LogP contribution in [0, 0.1) is 5.92 Å². The summed E-state index contributed by atoms with van der Waals surface area (Å²) in [5, 5.41) is 10.4. The lowest BCUT2D eigenvalue weighted by atomic mass is 9.90. The number of aromatic nitrogens is 3. The summed E-state index contributed by atoms with van der Waals surface area (Å²) in [6.45, 7) is 1.29. The molecule has 6 nitrogen and oxygen atoms in total. The van der Waals surface area contributed by atoms with Crippen molar-refractivity contribution in [3.05, 3.63) is 35.5 Å². The van der Waals surface area contributed by atoms with Gasteiger partial charge in [0.15, 0.2) is 5.69 Å². The second-order valence-electron chi connectivity index (χ2n) is 6.06. The smallest absolute Gasteiger partial charge is 0.271 e. The third kappa shape index (κ3) is 3.76. The fraction of sp³-hybridized carbons (Fsp3) is 0.471. The Morgan fingerprint density at radius 3 is 2.78 bits per heavy atom. The molecule has 0 unspecified atom stereocenters. The van der Waals surface area contributed by atoms with Gasteiger partial charge < -0.3 is 10.5 Å². The first kappa shape index (κ1) is 15.7. The minimum Gasteiger partial charge on any atom is -0.376 e. The second-order valence-corrected chi connectivity index (χ2v) is 6.06. The number of aromatic amines is 1. The SMILES string of the molecule is NC(=O)c1n[nH]nc1-c1ccccc1COCC1CCCCC1. The molecule has 122 valence electrons. The van der Waals surface area contributed by atoms with E-state index in [0.717, 1.165) is 17.7 Å². The summed E-state index contributed by atoms with van der Waals surface area (Å²) in [5.41, 5.74) is 7.81. The number of nitrogens with one attached hydrogen (secondary N) is 1. The number of ether oxygens (including phenoxy) is 1. The summed E-state index contributed by atoms with van der Waals surface area (Å²) < 4.78 is 5.92. The zero-order chi connectivity index (χ0) is 16.1.